The number of hydrogen-bond acceptors (Lipinski definition) is 3. The third kappa shape index (κ3) is 5.01. The van der Waals surface area contributed by atoms with Crippen LogP contribution in [0.3, 0.4) is 0 Å². The monoisotopic (exact) mass is 185 g/mol. The van der Waals surface area contributed by atoms with Gasteiger partial charge in [-0.3, -0.25) is 0 Å². The Balaban J connectivity index is 1.95. The minimum absolute atomic E-state index is 0.286. The Morgan fingerprint density at radius 1 is 1.46 bits per heavy atom. The van der Waals surface area contributed by atoms with Crippen molar-refractivity contribution in [1.82, 2.24) is 5.32 Å². The molecule has 3 nitrogen and oxygen atoms in total. The van der Waals surface area contributed by atoms with Crippen LogP contribution in [0.15, 0.2) is 0 Å². The van der Waals surface area contributed by atoms with E-state index in [0.717, 1.165) is 39.0 Å². The van der Waals surface area contributed by atoms with Crippen LogP contribution >= 0.6 is 0 Å². The summed E-state index contributed by atoms with van der Waals surface area (Å²) < 4.78 is 5.25. The van der Waals surface area contributed by atoms with E-state index in [1.54, 1.807) is 6.92 Å². The van der Waals surface area contributed by atoms with Gasteiger partial charge in [0.2, 0.25) is 0 Å². The van der Waals surface area contributed by atoms with E-state index < -0.39 is 0 Å². The Morgan fingerprint density at radius 2 is 2.15 bits per heavy atom. The summed E-state index contributed by atoms with van der Waals surface area (Å²) in [5.74, 6) is 0.286. The highest BCUT2D eigenvalue weighted by atomic mass is 16.5. The van der Waals surface area contributed by atoms with E-state index in [0.29, 0.717) is 12.5 Å². The first-order valence-corrected chi connectivity index (χ1v) is 5.09. The zero-order chi connectivity index (χ0) is 9.52. The summed E-state index contributed by atoms with van der Waals surface area (Å²) in [7, 11) is 0. The maximum Gasteiger partial charge on any atom is 0.129 e. The molecule has 1 heterocycles. The summed E-state index contributed by atoms with van der Waals surface area (Å²) in [5, 5.41) is 3.44. The van der Waals surface area contributed by atoms with E-state index in [-0.39, 0.29) is 5.78 Å². The molecule has 0 radical (unpaired) electrons. The van der Waals surface area contributed by atoms with Gasteiger partial charge in [0.1, 0.15) is 5.78 Å². The number of carbonyl (C=O) groups excluding carboxylic acids is 1. The quantitative estimate of drug-likeness (QED) is 0.652. The van der Waals surface area contributed by atoms with Crippen molar-refractivity contribution in [1.29, 1.82) is 0 Å². The molecule has 0 unspecified atom stereocenters. The van der Waals surface area contributed by atoms with Crippen molar-refractivity contribution in [3.8, 4) is 0 Å². The molecule has 0 atom stereocenters. The zero-order valence-electron chi connectivity index (χ0n) is 8.34. The lowest BCUT2D eigenvalue weighted by atomic mass is 10.1. The van der Waals surface area contributed by atoms with Crippen LogP contribution in [0.4, 0.5) is 0 Å². The number of nitrogens with one attached hydrogen (secondary N) is 1. The van der Waals surface area contributed by atoms with Crippen molar-refractivity contribution in [2.24, 2.45) is 0 Å². The smallest absolute Gasteiger partial charge is 0.129 e. The SMILES string of the molecule is CC(=O)CCCNC1CCOCC1. The summed E-state index contributed by atoms with van der Waals surface area (Å²) in [5.41, 5.74) is 0. The lowest BCUT2D eigenvalue weighted by molar-refractivity contribution is -0.117. The molecule has 76 valence electrons. The largest absolute Gasteiger partial charge is 0.381 e. The number of Topliss-reactive ketones (excluding diaryl/α,β-unsaturated/α-hetero) is 1. The molecule has 0 aromatic heterocycles. The maximum atomic E-state index is 10.6. The molecule has 1 rings (SSSR count). The summed E-state index contributed by atoms with van der Waals surface area (Å²) in [6.45, 7) is 4.37. The van der Waals surface area contributed by atoms with Crippen molar-refractivity contribution in [3.63, 3.8) is 0 Å². The first-order valence-electron chi connectivity index (χ1n) is 5.09. The summed E-state index contributed by atoms with van der Waals surface area (Å²) >= 11 is 0. The molecular weight excluding hydrogens is 166 g/mol. The zero-order valence-corrected chi connectivity index (χ0v) is 8.34. The molecule has 13 heavy (non-hydrogen) atoms. The minimum atomic E-state index is 0.286. The van der Waals surface area contributed by atoms with Gasteiger partial charge in [-0.1, -0.05) is 0 Å². The van der Waals surface area contributed by atoms with Crippen LogP contribution in [-0.4, -0.2) is 31.6 Å². The summed E-state index contributed by atoms with van der Waals surface area (Å²) in [6, 6.07) is 0.612. The van der Waals surface area contributed by atoms with Crippen molar-refractivity contribution in [2.45, 2.75) is 38.6 Å². The Morgan fingerprint density at radius 3 is 2.77 bits per heavy atom. The van der Waals surface area contributed by atoms with Gasteiger partial charge < -0.3 is 14.8 Å². The first-order chi connectivity index (χ1) is 6.29. The highest BCUT2D eigenvalue weighted by Crippen LogP contribution is 2.05. The fourth-order valence-electron chi connectivity index (χ4n) is 1.55. The summed E-state index contributed by atoms with van der Waals surface area (Å²) in [4.78, 5) is 10.6. The van der Waals surface area contributed by atoms with E-state index >= 15 is 0 Å². The molecule has 1 saturated heterocycles. The average molecular weight is 185 g/mol. The standard InChI is InChI=1S/C10H19NO2/c1-9(12)3-2-6-11-10-4-7-13-8-5-10/h10-11H,2-8H2,1H3. The predicted octanol–water partition coefficient (Wildman–Crippen LogP) is 1.12. The second-order valence-corrected chi connectivity index (χ2v) is 3.65. The van der Waals surface area contributed by atoms with Gasteiger partial charge in [-0.05, 0) is 32.7 Å². The molecular formula is C10H19NO2. The first kappa shape index (κ1) is 10.7. The van der Waals surface area contributed by atoms with Gasteiger partial charge in [0.05, 0.1) is 0 Å². The Hall–Kier alpha value is -0.410. The number of hydrogen-bond donors (Lipinski definition) is 1. The molecule has 1 aliphatic rings. The summed E-state index contributed by atoms with van der Waals surface area (Å²) in [6.07, 6.45) is 3.89. The molecule has 0 aliphatic carbocycles. The van der Waals surface area contributed by atoms with Crippen molar-refractivity contribution in [2.75, 3.05) is 19.8 Å². The van der Waals surface area contributed by atoms with E-state index in [1.807, 2.05) is 0 Å². The van der Waals surface area contributed by atoms with Crippen molar-refractivity contribution < 1.29 is 9.53 Å². The number of ether oxygens (including phenoxy) is 1. The maximum absolute atomic E-state index is 10.6. The lowest BCUT2D eigenvalue weighted by Crippen LogP contribution is -2.35. The molecule has 1 aliphatic heterocycles. The van der Waals surface area contributed by atoms with Gasteiger partial charge in [0.25, 0.3) is 0 Å². The van der Waals surface area contributed by atoms with E-state index in [4.69, 9.17) is 4.74 Å². The van der Waals surface area contributed by atoms with Gasteiger partial charge in [-0.15, -0.1) is 0 Å². The molecule has 3 heteroatoms. The third-order valence-corrected chi connectivity index (χ3v) is 2.36. The Labute approximate surface area is 79.8 Å². The predicted molar refractivity (Wildman–Crippen MR) is 51.8 cm³/mol. The van der Waals surface area contributed by atoms with Gasteiger partial charge in [-0.25, -0.2) is 0 Å². The molecule has 1 N–H and O–H groups in total. The van der Waals surface area contributed by atoms with Crippen LogP contribution in [0.5, 0.6) is 0 Å². The molecule has 0 aromatic carbocycles. The number of rotatable bonds is 5. The van der Waals surface area contributed by atoms with E-state index in [9.17, 15) is 4.79 Å². The second kappa shape index (κ2) is 6.11. The fraction of sp³-hybridized carbons (Fsp3) is 0.900. The normalized spacial score (nSPS) is 18.8. The Bertz CT molecular complexity index is 153. The van der Waals surface area contributed by atoms with Crippen molar-refractivity contribution in [3.05, 3.63) is 0 Å². The van der Waals surface area contributed by atoms with Crippen LogP contribution < -0.4 is 5.32 Å². The van der Waals surface area contributed by atoms with E-state index in [2.05, 4.69) is 5.32 Å². The molecule has 0 spiro atoms. The van der Waals surface area contributed by atoms with E-state index in [1.165, 1.54) is 0 Å². The average Bonchev–Trinajstić information content (AvgIpc) is 2.14. The number of carbonyl (C=O) groups is 1. The third-order valence-electron chi connectivity index (χ3n) is 2.36. The minimum Gasteiger partial charge on any atom is -0.381 e. The molecule has 0 saturated carbocycles. The highest BCUT2D eigenvalue weighted by Gasteiger charge is 2.11. The molecule has 0 aromatic rings. The van der Waals surface area contributed by atoms with Gasteiger partial charge in [0, 0.05) is 25.7 Å². The highest BCUT2D eigenvalue weighted by molar-refractivity contribution is 5.75. The van der Waals surface area contributed by atoms with Crippen molar-refractivity contribution >= 4 is 5.78 Å². The lowest BCUT2D eigenvalue weighted by Gasteiger charge is -2.23. The van der Waals surface area contributed by atoms with Crippen LogP contribution in [0.25, 0.3) is 0 Å². The number of ketones is 1. The fourth-order valence-corrected chi connectivity index (χ4v) is 1.55. The van der Waals surface area contributed by atoms with Crippen LogP contribution in [-0.2, 0) is 9.53 Å². The van der Waals surface area contributed by atoms with Crippen LogP contribution in [0, 0.1) is 0 Å². The Kier molecular flexibility index (Phi) is 5.01. The topological polar surface area (TPSA) is 38.3 Å². The second-order valence-electron chi connectivity index (χ2n) is 3.65. The van der Waals surface area contributed by atoms with Crippen LogP contribution in [0.1, 0.15) is 32.6 Å². The van der Waals surface area contributed by atoms with Crippen LogP contribution in [0.2, 0.25) is 0 Å². The van der Waals surface area contributed by atoms with Gasteiger partial charge in [-0.2, -0.15) is 0 Å². The molecule has 0 amide bonds. The molecule has 0 bridgehead atoms. The molecule has 1 fully saturated rings. The van der Waals surface area contributed by atoms with Gasteiger partial charge >= 0.3 is 0 Å². The van der Waals surface area contributed by atoms with Gasteiger partial charge in [0.15, 0.2) is 0 Å².